The van der Waals surface area contributed by atoms with Gasteiger partial charge in [-0.05, 0) is 38.7 Å². The lowest BCUT2D eigenvalue weighted by Gasteiger charge is -2.19. The van der Waals surface area contributed by atoms with E-state index in [-0.39, 0.29) is 0 Å². The Kier molecular flexibility index (Phi) is 7.47. The molecule has 0 amide bonds. The lowest BCUT2D eigenvalue weighted by molar-refractivity contribution is 0.626. The molecule has 0 bridgehead atoms. The second kappa shape index (κ2) is 7.44. The number of thiocarbonyl (C=S) groups is 1. The summed E-state index contributed by atoms with van der Waals surface area (Å²) < 4.78 is 0. The zero-order valence-corrected chi connectivity index (χ0v) is 10.5. The molecule has 0 saturated carbocycles. The van der Waals surface area contributed by atoms with Crippen molar-refractivity contribution in [2.24, 2.45) is 0 Å². The van der Waals surface area contributed by atoms with E-state index in [1.54, 1.807) is 0 Å². The Bertz CT molecular complexity index is 149. The Balaban J connectivity index is 3.73. The van der Waals surface area contributed by atoms with Crippen LogP contribution in [0, 0.1) is 0 Å². The third-order valence-corrected chi connectivity index (χ3v) is 2.59. The molecule has 0 radical (unpaired) electrons. The predicted octanol–water partition coefficient (Wildman–Crippen LogP) is 2.00. The van der Waals surface area contributed by atoms with E-state index in [0.717, 1.165) is 17.3 Å². The van der Waals surface area contributed by atoms with Crippen molar-refractivity contribution in [3.63, 3.8) is 0 Å². The summed E-state index contributed by atoms with van der Waals surface area (Å²) in [5.41, 5.74) is 0. The number of nitrogens with one attached hydrogen (secondary N) is 2. The van der Waals surface area contributed by atoms with Crippen LogP contribution in [-0.2, 0) is 0 Å². The van der Waals surface area contributed by atoms with Crippen LogP contribution in [0.15, 0.2) is 0 Å². The predicted molar refractivity (Wildman–Crippen MR) is 66.5 cm³/mol. The van der Waals surface area contributed by atoms with Crippen LogP contribution in [-0.4, -0.2) is 29.2 Å². The Morgan fingerprint density at radius 2 is 2.00 bits per heavy atom. The highest BCUT2D eigenvalue weighted by Gasteiger charge is 2.06. The van der Waals surface area contributed by atoms with Crippen LogP contribution in [0.3, 0.4) is 0 Å². The second-order valence-electron chi connectivity index (χ2n) is 3.33. The maximum absolute atomic E-state index is 5.16. The molecule has 2 N–H and O–H groups in total. The molecule has 78 valence electrons. The van der Waals surface area contributed by atoms with Gasteiger partial charge in [0.25, 0.3) is 0 Å². The first-order chi connectivity index (χ1) is 6.10. The Labute approximate surface area is 91.2 Å². The van der Waals surface area contributed by atoms with E-state index < -0.39 is 0 Å². The van der Waals surface area contributed by atoms with Crippen LogP contribution in [0.4, 0.5) is 0 Å². The Morgan fingerprint density at radius 1 is 1.38 bits per heavy atom. The van der Waals surface area contributed by atoms with Crippen LogP contribution in [0.1, 0.15) is 27.2 Å². The van der Waals surface area contributed by atoms with Gasteiger partial charge in [0.1, 0.15) is 0 Å². The van der Waals surface area contributed by atoms with Crippen LogP contribution >= 0.6 is 24.0 Å². The van der Waals surface area contributed by atoms with Gasteiger partial charge in [-0.25, -0.2) is 0 Å². The van der Waals surface area contributed by atoms with Crippen molar-refractivity contribution in [3.05, 3.63) is 0 Å². The lowest BCUT2D eigenvalue weighted by Crippen LogP contribution is -2.45. The van der Waals surface area contributed by atoms with Crippen molar-refractivity contribution >= 4 is 29.1 Å². The van der Waals surface area contributed by atoms with Gasteiger partial charge in [0.2, 0.25) is 0 Å². The van der Waals surface area contributed by atoms with E-state index in [4.69, 9.17) is 12.2 Å². The van der Waals surface area contributed by atoms with Gasteiger partial charge in [-0.15, -0.1) is 0 Å². The molecule has 0 heterocycles. The average molecular weight is 220 g/mol. The monoisotopic (exact) mass is 220 g/mol. The molecule has 0 fully saturated rings. The molecule has 0 aliphatic heterocycles. The summed E-state index contributed by atoms with van der Waals surface area (Å²) in [5.74, 6) is 1.11. The SMILES string of the molecule is CCC(CSC)NC(=S)NC(C)C. The lowest BCUT2D eigenvalue weighted by atomic mass is 10.3. The number of thioether (sulfide) groups is 1. The van der Waals surface area contributed by atoms with Gasteiger partial charge in [0.15, 0.2) is 5.11 Å². The highest BCUT2D eigenvalue weighted by Crippen LogP contribution is 2.00. The van der Waals surface area contributed by atoms with Gasteiger partial charge < -0.3 is 10.6 Å². The van der Waals surface area contributed by atoms with E-state index >= 15 is 0 Å². The largest absolute Gasteiger partial charge is 0.361 e. The van der Waals surface area contributed by atoms with E-state index in [1.165, 1.54) is 0 Å². The van der Waals surface area contributed by atoms with Gasteiger partial charge in [-0.3, -0.25) is 0 Å². The first-order valence-corrected chi connectivity index (χ1v) is 6.46. The highest BCUT2D eigenvalue weighted by molar-refractivity contribution is 7.98. The van der Waals surface area contributed by atoms with Crippen molar-refractivity contribution in [1.29, 1.82) is 0 Å². The third-order valence-electron chi connectivity index (χ3n) is 1.62. The number of hydrogen-bond donors (Lipinski definition) is 2. The molecule has 0 saturated heterocycles. The molecule has 0 aromatic rings. The van der Waals surface area contributed by atoms with Crippen molar-refractivity contribution in [3.8, 4) is 0 Å². The fraction of sp³-hybridized carbons (Fsp3) is 0.889. The Morgan fingerprint density at radius 3 is 2.38 bits per heavy atom. The quantitative estimate of drug-likeness (QED) is 0.692. The molecule has 2 nitrogen and oxygen atoms in total. The molecule has 4 heteroatoms. The maximum Gasteiger partial charge on any atom is 0.166 e. The summed E-state index contributed by atoms with van der Waals surface area (Å²) in [6, 6.07) is 0.903. The normalized spacial score (nSPS) is 12.7. The molecule has 1 atom stereocenters. The van der Waals surface area contributed by atoms with Gasteiger partial charge in [-0.1, -0.05) is 6.92 Å². The van der Waals surface area contributed by atoms with Gasteiger partial charge in [0, 0.05) is 17.8 Å². The molecule has 1 unspecified atom stereocenters. The third kappa shape index (κ3) is 7.14. The van der Waals surface area contributed by atoms with Gasteiger partial charge in [0.05, 0.1) is 0 Å². The fourth-order valence-corrected chi connectivity index (χ4v) is 2.08. The topological polar surface area (TPSA) is 24.1 Å². The minimum absolute atomic E-state index is 0.409. The number of hydrogen-bond acceptors (Lipinski definition) is 2. The summed E-state index contributed by atoms with van der Waals surface area (Å²) in [7, 11) is 0. The second-order valence-corrected chi connectivity index (χ2v) is 4.65. The van der Waals surface area contributed by atoms with E-state index in [2.05, 4.69) is 37.7 Å². The fourth-order valence-electron chi connectivity index (χ4n) is 0.952. The smallest absolute Gasteiger partial charge is 0.166 e. The minimum atomic E-state index is 0.409. The van der Waals surface area contributed by atoms with Crippen LogP contribution in [0.5, 0.6) is 0 Å². The first kappa shape index (κ1) is 13.0. The number of rotatable bonds is 5. The summed E-state index contributed by atoms with van der Waals surface area (Å²) in [4.78, 5) is 0. The summed E-state index contributed by atoms with van der Waals surface area (Å²) >= 11 is 7.00. The summed E-state index contributed by atoms with van der Waals surface area (Å²) in [6.07, 6.45) is 3.23. The maximum atomic E-state index is 5.16. The molecule has 0 aliphatic rings. The molecule has 0 aromatic carbocycles. The zero-order valence-electron chi connectivity index (χ0n) is 8.89. The van der Waals surface area contributed by atoms with Gasteiger partial charge in [-0.2, -0.15) is 11.8 Å². The van der Waals surface area contributed by atoms with E-state index in [1.807, 2.05) is 11.8 Å². The average Bonchev–Trinajstić information content (AvgIpc) is 2.02. The zero-order chi connectivity index (χ0) is 10.3. The van der Waals surface area contributed by atoms with Crippen molar-refractivity contribution < 1.29 is 0 Å². The summed E-state index contributed by atoms with van der Waals surface area (Å²) in [6.45, 7) is 6.35. The minimum Gasteiger partial charge on any atom is -0.361 e. The Hall–Kier alpha value is 0.0400. The highest BCUT2D eigenvalue weighted by atomic mass is 32.2. The van der Waals surface area contributed by atoms with Crippen LogP contribution in [0.25, 0.3) is 0 Å². The molecule has 0 spiro atoms. The first-order valence-electron chi connectivity index (χ1n) is 4.66. The molecule has 0 aromatic heterocycles. The summed E-state index contributed by atoms with van der Waals surface area (Å²) in [5, 5.41) is 7.25. The molecular formula is C9H20N2S2. The van der Waals surface area contributed by atoms with E-state index in [9.17, 15) is 0 Å². The van der Waals surface area contributed by atoms with Crippen LogP contribution < -0.4 is 10.6 Å². The van der Waals surface area contributed by atoms with Gasteiger partial charge >= 0.3 is 0 Å². The molecule has 0 rings (SSSR count). The van der Waals surface area contributed by atoms with Crippen molar-refractivity contribution in [1.82, 2.24) is 10.6 Å². The molecule has 13 heavy (non-hydrogen) atoms. The van der Waals surface area contributed by atoms with Crippen molar-refractivity contribution in [2.75, 3.05) is 12.0 Å². The van der Waals surface area contributed by atoms with Crippen molar-refractivity contribution in [2.45, 2.75) is 39.3 Å². The molecular weight excluding hydrogens is 200 g/mol. The van der Waals surface area contributed by atoms with E-state index in [0.29, 0.717) is 12.1 Å². The standard InChI is InChI=1S/C9H20N2S2/c1-5-8(6-13-4)11-9(12)10-7(2)3/h7-8H,5-6H2,1-4H3,(H2,10,11,12). The van der Waals surface area contributed by atoms with Crippen LogP contribution in [0.2, 0.25) is 0 Å². The molecule has 0 aliphatic carbocycles.